The molecular formula is C27H27N3O4S2. The molecular weight excluding hydrogens is 494 g/mol. The van der Waals surface area contributed by atoms with Crippen molar-refractivity contribution in [2.24, 2.45) is 0 Å². The first-order valence-corrected chi connectivity index (χ1v) is 14.0. The van der Waals surface area contributed by atoms with E-state index in [1.165, 1.54) is 15.6 Å². The number of nitrogens with zero attached hydrogens (tertiary/aromatic N) is 2. The lowest BCUT2D eigenvalue weighted by atomic mass is 9.98. The maximum Gasteiger partial charge on any atom is 0.258 e. The molecule has 1 N–H and O–H groups in total. The molecule has 1 heterocycles. The van der Waals surface area contributed by atoms with Gasteiger partial charge in [0, 0.05) is 24.2 Å². The minimum Gasteiger partial charge on any atom is -0.298 e. The average molecular weight is 522 g/mol. The highest BCUT2D eigenvalue weighted by Crippen LogP contribution is 2.30. The van der Waals surface area contributed by atoms with Gasteiger partial charge in [-0.25, -0.2) is 13.4 Å². The smallest absolute Gasteiger partial charge is 0.258 e. The van der Waals surface area contributed by atoms with Crippen molar-refractivity contribution in [2.75, 3.05) is 18.4 Å². The third kappa shape index (κ3) is 5.38. The summed E-state index contributed by atoms with van der Waals surface area (Å²) in [5.74, 6) is -0.706. The molecule has 0 spiro atoms. The van der Waals surface area contributed by atoms with Gasteiger partial charge in [-0.2, -0.15) is 4.31 Å². The van der Waals surface area contributed by atoms with E-state index in [0.29, 0.717) is 39.6 Å². The molecule has 0 radical (unpaired) electrons. The van der Waals surface area contributed by atoms with Crippen LogP contribution in [0.3, 0.4) is 0 Å². The Balaban J connectivity index is 1.60. The number of hydrogen-bond acceptors (Lipinski definition) is 6. The Labute approximate surface area is 214 Å². The van der Waals surface area contributed by atoms with Gasteiger partial charge in [-0.15, -0.1) is 0 Å². The summed E-state index contributed by atoms with van der Waals surface area (Å²) in [7, 11) is -3.63. The summed E-state index contributed by atoms with van der Waals surface area (Å²) >= 11 is 1.19. The van der Waals surface area contributed by atoms with Crippen LogP contribution >= 0.6 is 11.3 Å². The van der Waals surface area contributed by atoms with Gasteiger partial charge in [-0.05, 0) is 37.1 Å². The number of sulfonamides is 1. The van der Waals surface area contributed by atoms with Crippen molar-refractivity contribution in [3.63, 3.8) is 0 Å². The summed E-state index contributed by atoms with van der Waals surface area (Å²) in [5, 5.41) is 3.10. The second-order valence-electron chi connectivity index (χ2n) is 8.25. The summed E-state index contributed by atoms with van der Waals surface area (Å²) in [6, 6.07) is 20.2. The van der Waals surface area contributed by atoms with Gasteiger partial charge in [0.1, 0.15) is 0 Å². The van der Waals surface area contributed by atoms with Gasteiger partial charge in [0.2, 0.25) is 10.0 Å². The zero-order valence-electron chi connectivity index (χ0n) is 20.1. The van der Waals surface area contributed by atoms with Crippen LogP contribution in [0.4, 0.5) is 5.13 Å². The van der Waals surface area contributed by atoms with E-state index in [9.17, 15) is 18.0 Å². The Bertz CT molecular complexity index is 1490. The number of nitrogens with one attached hydrogen (secondary N) is 1. The fraction of sp³-hybridized carbons (Fsp3) is 0.222. The van der Waals surface area contributed by atoms with Gasteiger partial charge in [-0.1, -0.05) is 73.7 Å². The van der Waals surface area contributed by atoms with Crippen LogP contribution in [0.15, 0.2) is 77.7 Å². The molecule has 0 bridgehead atoms. The molecule has 4 rings (SSSR count). The summed E-state index contributed by atoms with van der Waals surface area (Å²) in [6.45, 7) is 4.81. The van der Waals surface area contributed by atoms with Crippen molar-refractivity contribution in [1.82, 2.24) is 9.29 Å². The Kier molecular flexibility index (Phi) is 7.93. The first kappa shape index (κ1) is 25.7. The van der Waals surface area contributed by atoms with E-state index >= 15 is 0 Å². The molecule has 1 amide bonds. The number of aromatic nitrogens is 1. The third-order valence-electron chi connectivity index (χ3n) is 5.62. The topological polar surface area (TPSA) is 96.4 Å². The first-order valence-electron chi connectivity index (χ1n) is 11.8. The lowest BCUT2D eigenvalue weighted by Crippen LogP contribution is -2.32. The molecule has 0 aliphatic rings. The predicted octanol–water partition coefficient (Wildman–Crippen LogP) is 5.59. The number of carbonyl (C=O) groups excluding carboxylic acids is 2. The number of hydrogen-bond donors (Lipinski definition) is 1. The standard InChI is InChI=1S/C27H27N3O4S2/c1-3-16-30(17-4-2)36(33,34)20-14-15-23-24(18-20)35-27(28-23)29-26(32)22-13-9-8-12-21(22)25(31)19-10-6-5-7-11-19/h5-15,18H,3-4,16-17H2,1-2H3,(H,28,29,32). The van der Waals surface area contributed by atoms with Crippen LogP contribution in [0.2, 0.25) is 0 Å². The van der Waals surface area contributed by atoms with Crippen LogP contribution in [0.1, 0.15) is 53.0 Å². The molecule has 0 saturated heterocycles. The van der Waals surface area contributed by atoms with Crippen LogP contribution in [-0.2, 0) is 10.0 Å². The number of carbonyl (C=O) groups is 2. The monoisotopic (exact) mass is 521 g/mol. The molecule has 0 atom stereocenters. The Morgan fingerprint density at radius 1 is 0.889 bits per heavy atom. The summed E-state index contributed by atoms with van der Waals surface area (Å²) in [4.78, 5) is 30.7. The lowest BCUT2D eigenvalue weighted by Gasteiger charge is -2.20. The fourth-order valence-electron chi connectivity index (χ4n) is 3.91. The number of benzene rings is 3. The largest absolute Gasteiger partial charge is 0.298 e. The van der Waals surface area contributed by atoms with Gasteiger partial charge < -0.3 is 0 Å². The minimum atomic E-state index is -3.63. The highest BCUT2D eigenvalue weighted by molar-refractivity contribution is 7.89. The summed E-state index contributed by atoms with van der Waals surface area (Å²) < 4.78 is 28.4. The molecule has 0 fully saturated rings. The molecule has 0 aliphatic heterocycles. The number of fused-ring (bicyclic) bond motifs is 1. The molecule has 0 saturated carbocycles. The molecule has 186 valence electrons. The van der Waals surface area contributed by atoms with E-state index in [-0.39, 0.29) is 16.2 Å². The van der Waals surface area contributed by atoms with Crippen molar-refractivity contribution in [1.29, 1.82) is 0 Å². The molecule has 9 heteroatoms. The van der Waals surface area contributed by atoms with Crippen molar-refractivity contribution in [2.45, 2.75) is 31.6 Å². The van der Waals surface area contributed by atoms with E-state index in [1.54, 1.807) is 66.7 Å². The molecule has 3 aromatic carbocycles. The second kappa shape index (κ2) is 11.1. The van der Waals surface area contributed by atoms with E-state index < -0.39 is 15.9 Å². The van der Waals surface area contributed by atoms with Crippen LogP contribution in [-0.4, -0.2) is 42.5 Å². The van der Waals surface area contributed by atoms with E-state index in [1.807, 2.05) is 19.9 Å². The van der Waals surface area contributed by atoms with E-state index in [2.05, 4.69) is 10.3 Å². The van der Waals surface area contributed by atoms with Crippen molar-refractivity contribution >= 4 is 48.4 Å². The summed E-state index contributed by atoms with van der Waals surface area (Å²) in [6.07, 6.45) is 1.46. The van der Waals surface area contributed by atoms with Gasteiger partial charge in [0.05, 0.1) is 20.7 Å². The Morgan fingerprint density at radius 3 is 2.19 bits per heavy atom. The molecule has 7 nitrogen and oxygen atoms in total. The fourth-order valence-corrected chi connectivity index (χ4v) is 6.53. The van der Waals surface area contributed by atoms with Crippen LogP contribution in [0.25, 0.3) is 10.2 Å². The van der Waals surface area contributed by atoms with Crippen LogP contribution in [0, 0.1) is 0 Å². The Hall–Kier alpha value is -3.40. The number of anilines is 1. The highest BCUT2D eigenvalue weighted by Gasteiger charge is 2.24. The lowest BCUT2D eigenvalue weighted by molar-refractivity contribution is 0.0996. The number of ketones is 1. The quantitative estimate of drug-likeness (QED) is 0.274. The van der Waals surface area contributed by atoms with Gasteiger partial charge in [0.15, 0.2) is 10.9 Å². The van der Waals surface area contributed by atoms with Crippen molar-refractivity contribution in [3.05, 3.63) is 89.5 Å². The molecule has 0 unspecified atom stereocenters. The molecule has 0 aliphatic carbocycles. The Morgan fingerprint density at radius 2 is 1.53 bits per heavy atom. The average Bonchev–Trinajstić information content (AvgIpc) is 3.30. The maximum atomic E-state index is 13.2. The van der Waals surface area contributed by atoms with E-state index in [4.69, 9.17) is 0 Å². The summed E-state index contributed by atoms with van der Waals surface area (Å²) in [5.41, 5.74) is 1.61. The number of rotatable bonds is 10. The van der Waals surface area contributed by atoms with Gasteiger partial charge in [-0.3, -0.25) is 14.9 Å². The van der Waals surface area contributed by atoms with Crippen LogP contribution in [0.5, 0.6) is 0 Å². The minimum absolute atomic E-state index is 0.206. The zero-order chi connectivity index (χ0) is 25.7. The maximum absolute atomic E-state index is 13.2. The van der Waals surface area contributed by atoms with E-state index in [0.717, 1.165) is 12.8 Å². The molecule has 4 aromatic rings. The SMILES string of the molecule is CCCN(CCC)S(=O)(=O)c1ccc2nc(NC(=O)c3ccccc3C(=O)c3ccccc3)sc2c1. The zero-order valence-corrected chi connectivity index (χ0v) is 21.7. The first-order chi connectivity index (χ1) is 17.3. The molecule has 36 heavy (non-hydrogen) atoms. The predicted molar refractivity (Wildman–Crippen MR) is 143 cm³/mol. The molecule has 1 aromatic heterocycles. The third-order valence-corrected chi connectivity index (χ3v) is 8.44. The van der Waals surface area contributed by atoms with Crippen molar-refractivity contribution in [3.8, 4) is 0 Å². The van der Waals surface area contributed by atoms with Crippen LogP contribution < -0.4 is 5.32 Å². The highest BCUT2D eigenvalue weighted by atomic mass is 32.2. The normalized spacial score (nSPS) is 11.6. The number of thiazole rings is 1. The van der Waals surface area contributed by atoms with Crippen molar-refractivity contribution < 1.29 is 18.0 Å². The van der Waals surface area contributed by atoms with Gasteiger partial charge in [0.25, 0.3) is 5.91 Å². The number of amides is 1. The second-order valence-corrected chi connectivity index (χ2v) is 11.2. The van der Waals surface area contributed by atoms with Gasteiger partial charge >= 0.3 is 0 Å².